The second-order valence-electron chi connectivity index (χ2n) is 4.80. The van der Waals surface area contributed by atoms with E-state index in [0.717, 1.165) is 0 Å². The summed E-state index contributed by atoms with van der Waals surface area (Å²) in [4.78, 5) is 15.8. The Bertz CT molecular complexity index is 899. The van der Waals surface area contributed by atoms with Crippen molar-refractivity contribution in [3.05, 3.63) is 52.8 Å². The number of aromatic amines is 1. The number of ether oxygens (including phenoxy) is 2. The van der Waals surface area contributed by atoms with E-state index in [0.29, 0.717) is 28.1 Å². The minimum Gasteiger partial charge on any atom is -0.507 e. The summed E-state index contributed by atoms with van der Waals surface area (Å²) in [5.41, 5.74) is 1.33. The van der Waals surface area contributed by atoms with Crippen molar-refractivity contribution in [3.63, 3.8) is 0 Å². The molecule has 5 nitrogen and oxygen atoms in total. The second kappa shape index (κ2) is 5.44. The molecule has 1 aromatic heterocycles. The van der Waals surface area contributed by atoms with Crippen LogP contribution in [0.2, 0.25) is 0 Å². The maximum Gasteiger partial charge on any atom is 0.201 e. The second-order valence-corrected chi connectivity index (χ2v) is 4.80. The van der Waals surface area contributed by atoms with Gasteiger partial charge in [-0.2, -0.15) is 0 Å². The average Bonchev–Trinajstić information content (AvgIpc) is 2.54. The molecule has 0 unspecified atom stereocenters. The Morgan fingerprint density at radius 2 is 1.86 bits per heavy atom. The number of fused-ring (bicyclic) bond motifs is 1. The highest BCUT2D eigenvalue weighted by atomic mass is 16.5. The van der Waals surface area contributed by atoms with Crippen LogP contribution in [0.25, 0.3) is 22.0 Å². The number of pyridine rings is 1. The zero-order valence-corrected chi connectivity index (χ0v) is 12.2. The lowest BCUT2D eigenvalue weighted by molar-refractivity contribution is 0.404. The zero-order valence-electron chi connectivity index (χ0n) is 12.2. The molecule has 0 radical (unpaired) electrons. The highest BCUT2D eigenvalue weighted by molar-refractivity contribution is 5.89. The first kappa shape index (κ1) is 14.0. The van der Waals surface area contributed by atoms with Gasteiger partial charge in [-0.3, -0.25) is 4.79 Å². The summed E-state index contributed by atoms with van der Waals surface area (Å²) < 4.78 is 10.5. The smallest absolute Gasteiger partial charge is 0.201 e. The fourth-order valence-electron chi connectivity index (χ4n) is 2.47. The number of aromatic hydroxyl groups is 1. The van der Waals surface area contributed by atoms with Crippen molar-refractivity contribution in [1.82, 2.24) is 4.98 Å². The van der Waals surface area contributed by atoms with Crippen LogP contribution in [0.15, 0.2) is 47.4 Å². The number of methoxy groups -OCH3 is 2. The number of rotatable bonds is 3. The summed E-state index contributed by atoms with van der Waals surface area (Å²) in [7, 11) is 3.10. The van der Waals surface area contributed by atoms with Crippen LogP contribution in [0.4, 0.5) is 0 Å². The van der Waals surface area contributed by atoms with Crippen LogP contribution in [-0.4, -0.2) is 24.3 Å². The van der Waals surface area contributed by atoms with Crippen LogP contribution in [0.3, 0.4) is 0 Å². The van der Waals surface area contributed by atoms with Gasteiger partial charge in [0.05, 0.1) is 25.1 Å². The van der Waals surface area contributed by atoms with Gasteiger partial charge in [0, 0.05) is 17.3 Å². The number of hydrogen-bond acceptors (Lipinski definition) is 4. The zero-order chi connectivity index (χ0) is 15.7. The molecule has 1 heterocycles. The average molecular weight is 297 g/mol. The van der Waals surface area contributed by atoms with Gasteiger partial charge >= 0.3 is 0 Å². The Balaban J connectivity index is 2.34. The van der Waals surface area contributed by atoms with Gasteiger partial charge in [-0.15, -0.1) is 0 Å². The van der Waals surface area contributed by atoms with Crippen LogP contribution in [-0.2, 0) is 0 Å². The van der Waals surface area contributed by atoms with Gasteiger partial charge in [0.2, 0.25) is 5.43 Å². The minimum absolute atomic E-state index is 0.0533. The van der Waals surface area contributed by atoms with Crippen LogP contribution >= 0.6 is 0 Å². The quantitative estimate of drug-likeness (QED) is 0.779. The van der Waals surface area contributed by atoms with E-state index in [-0.39, 0.29) is 16.6 Å². The predicted octanol–water partition coefficient (Wildman–Crippen LogP) is 2.92. The third kappa shape index (κ3) is 2.16. The van der Waals surface area contributed by atoms with Gasteiger partial charge in [0.1, 0.15) is 17.2 Å². The summed E-state index contributed by atoms with van der Waals surface area (Å²) in [6.07, 6.45) is 1.61. The molecule has 3 rings (SSSR count). The summed E-state index contributed by atoms with van der Waals surface area (Å²) in [6, 6.07) is 10.1. The molecular weight excluding hydrogens is 282 g/mol. The minimum atomic E-state index is -0.265. The van der Waals surface area contributed by atoms with Gasteiger partial charge in [-0.05, 0) is 30.3 Å². The highest BCUT2D eigenvalue weighted by Gasteiger charge is 2.14. The first-order chi connectivity index (χ1) is 10.7. The van der Waals surface area contributed by atoms with Crippen LogP contribution in [0, 0.1) is 0 Å². The molecule has 112 valence electrons. The largest absolute Gasteiger partial charge is 0.507 e. The molecule has 22 heavy (non-hydrogen) atoms. The van der Waals surface area contributed by atoms with Gasteiger partial charge in [-0.25, -0.2) is 0 Å². The lowest BCUT2D eigenvalue weighted by Gasteiger charge is -2.11. The lowest BCUT2D eigenvalue weighted by atomic mass is 10.0. The van der Waals surface area contributed by atoms with Crippen molar-refractivity contribution in [3.8, 4) is 28.4 Å². The van der Waals surface area contributed by atoms with Crippen molar-refractivity contribution < 1.29 is 14.6 Å². The third-order valence-corrected chi connectivity index (χ3v) is 3.58. The molecule has 0 saturated carbocycles. The molecule has 0 aliphatic heterocycles. The molecule has 2 N–H and O–H groups in total. The van der Waals surface area contributed by atoms with E-state index < -0.39 is 0 Å². The molecule has 0 atom stereocenters. The molecule has 5 heteroatoms. The molecule has 0 spiro atoms. The van der Waals surface area contributed by atoms with E-state index >= 15 is 0 Å². The van der Waals surface area contributed by atoms with E-state index in [1.165, 1.54) is 13.2 Å². The summed E-state index contributed by atoms with van der Waals surface area (Å²) in [6.45, 7) is 0. The fourth-order valence-corrected chi connectivity index (χ4v) is 2.47. The van der Waals surface area contributed by atoms with Crippen LogP contribution in [0.5, 0.6) is 17.2 Å². The van der Waals surface area contributed by atoms with Crippen molar-refractivity contribution in [1.29, 1.82) is 0 Å². The Kier molecular flexibility index (Phi) is 3.47. The maximum atomic E-state index is 12.7. The summed E-state index contributed by atoms with van der Waals surface area (Å²) >= 11 is 0. The first-order valence-electron chi connectivity index (χ1n) is 6.71. The third-order valence-electron chi connectivity index (χ3n) is 3.58. The Morgan fingerprint density at radius 3 is 2.59 bits per heavy atom. The Morgan fingerprint density at radius 1 is 1.05 bits per heavy atom. The van der Waals surface area contributed by atoms with Gasteiger partial charge in [-0.1, -0.05) is 6.07 Å². The van der Waals surface area contributed by atoms with Crippen molar-refractivity contribution in [2.75, 3.05) is 14.2 Å². The number of phenolic OH excluding ortho intramolecular Hbond substituents is 1. The van der Waals surface area contributed by atoms with E-state index in [1.807, 2.05) is 0 Å². The Labute approximate surface area is 126 Å². The summed E-state index contributed by atoms with van der Waals surface area (Å²) in [5, 5.41) is 10.2. The van der Waals surface area contributed by atoms with E-state index in [9.17, 15) is 9.90 Å². The van der Waals surface area contributed by atoms with Gasteiger partial charge < -0.3 is 19.6 Å². The molecule has 0 aliphatic carbocycles. The SMILES string of the molecule is COc1ccc(OC)c(-c2c[nH]c3cccc(O)c3c2=O)c1. The maximum absolute atomic E-state index is 12.7. The number of phenols is 1. The molecule has 3 aromatic rings. The lowest BCUT2D eigenvalue weighted by Crippen LogP contribution is -2.07. The van der Waals surface area contributed by atoms with E-state index in [2.05, 4.69) is 4.98 Å². The summed E-state index contributed by atoms with van der Waals surface area (Å²) in [5.74, 6) is 1.12. The van der Waals surface area contributed by atoms with Gasteiger partial charge in [0.25, 0.3) is 0 Å². The van der Waals surface area contributed by atoms with Gasteiger partial charge in [0.15, 0.2) is 0 Å². The van der Waals surface area contributed by atoms with Crippen LogP contribution < -0.4 is 14.9 Å². The van der Waals surface area contributed by atoms with Crippen LogP contribution in [0.1, 0.15) is 0 Å². The molecule has 0 bridgehead atoms. The molecule has 2 aromatic carbocycles. The number of nitrogens with one attached hydrogen (secondary N) is 1. The fraction of sp³-hybridized carbons (Fsp3) is 0.118. The predicted molar refractivity (Wildman–Crippen MR) is 84.8 cm³/mol. The number of hydrogen-bond donors (Lipinski definition) is 2. The first-order valence-corrected chi connectivity index (χ1v) is 6.71. The topological polar surface area (TPSA) is 71.6 Å². The number of H-pyrrole nitrogens is 1. The molecule has 0 amide bonds. The van der Waals surface area contributed by atoms with Crippen molar-refractivity contribution >= 4 is 10.9 Å². The molecule has 0 saturated heterocycles. The number of aromatic nitrogens is 1. The van der Waals surface area contributed by atoms with E-state index in [4.69, 9.17) is 9.47 Å². The Hall–Kier alpha value is -2.95. The monoisotopic (exact) mass is 297 g/mol. The molecule has 0 aliphatic rings. The van der Waals surface area contributed by atoms with Crippen molar-refractivity contribution in [2.24, 2.45) is 0 Å². The number of benzene rings is 2. The molecular formula is C17H15NO4. The standard InChI is InChI=1S/C17H15NO4/c1-21-10-6-7-15(22-2)11(8-10)12-9-18-13-4-3-5-14(19)16(13)17(12)20/h3-9,19H,1-2H3,(H,18,20). The van der Waals surface area contributed by atoms with Crippen molar-refractivity contribution in [2.45, 2.75) is 0 Å². The van der Waals surface area contributed by atoms with E-state index in [1.54, 1.807) is 43.6 Å². The molecule has 0 fully saturated rings. The normalized spacial score (nSPS) is 10.6. The highest BCUT2D eigenvalue weighted by Crippen LogP contribution is 2.32.